The molecule has 0 atom stereocenters. The van der Waals surface area contributed by atoms with E-state index in [0.717, 1.165) is 33.3 Å². The first-order valence-electron chi connectivity index (χ1n) is 10.8. The van der Waals surface area contributed by atoms with Crippen LogP contribution >= 0.6 is 0 Å². The van der Waals surface area contributed by atoms with Crippen LogP contribution in [0.2, 0.25) is 0 Å². The van der Waals surface area contributed by atoms with Crippen molar-refractivity contribution in [3.63, 3.8) is 0 Å². The molecule has 4 heterocycles. The second-order valence-electron chi connectivity index (χ2n) is 8.89. The molecule has 0 bridgehead atoms. The van der Waals surface area contributed by atoms with Crippen molar-refractivity contribution in [3.8, 4) is 11.3 Å². The maximum absolute atomic E-state index is 12.3. The molecule has 0 unspecified atom stereocenters. The molecule has 1 aliphatic heterocycles. The van der Waals surface area contributed by atoms with Gasteiger partial charge in [0.15, 0.2) is 5.82 Å². The van der Waals surface area contributed by atoms with Gasteiger partial charge in [0.25, 0.3) is 5.91 Å². The number of aromatic nitrogens is 4. The zero-order valence-corrected chi connectivity index (χ0v) is 19.5. The van der Waals surface area contributed by atoms with Crippen molar-refractivity contribution < 1.29 is 9.63 Å². The molecule has 4 aromatic rings. The van der Waals surface area contributed by atoms with Crippen molar-refractivity contribution in [2.24, 2.45) is 0 Å². The first kappa shape index (κ1) is 21.7. The van der Waals surface area contributed by atoms with E-state index in [9.17, 15) is 4.79 Å². The number of pyridine rings is 2. The number of hydroxylamine groups is 2. The number of nitrogens with two attached hydrogens (primary N) is 2. The van der Waals surface area contributed by atoms with Crippen molar-refractivity contribution in [2.45, 2.75) is 32.9 Å². The highest BCUT2D eigenvalue weighted by atomic mass is 16.7. The molecule has 0 saturated heterocycles. The zero-order valence-electron chi connectivity index (χ0n) is 19.5. The summed E-state index contributed by atoms with van der Waals surface area (Å²) >= 11 is 0. The SMILES string of the molecule is Cc1c(N)cccc1-c1cc2cc(Nc3cc4n(n3)CC(=O)N(C)OC4(C)C)ncc2c(N)n1. The smallest absolute Gasteiger partial charge is 0.267 e. The van der Waals surface area contributed by atoms with Crippen LogP contribution in [0.25, 0.3) is 22.0 Å². The number of nitrogens with one attached hydrogen (secondary N) is 1. The molecule has 1 aromatic carbocycles. The maximum atomic E-state index is 12.3. The summed E-state index contributed by atoms with van der Waals surface area (Å²) in [7, 11) is 1.61. The lowest BCUT2D eigenvalue weighted by molar-refractivity contribution is -0.221. The van der Waals surface area contributed by atoms with Gasteiger partial charge in [-0.1, -0.05) is 12.1 Å². The van der Waals surface area contributed by atoms with E-state index >= 15 is 0 Å². The Morgan fingerprint density at radius 2 is 1.94 bits per heavy atom. The van der Waals surface area contributed by atoms with Crippen molar-refractivity contribution in [1.29, 1.82) is 0 Å². The van der Waals surface area contributed by atoms with Gasteiger partial charge >= 0.3 is 0 Å². The minimum absolute atomic E-state index is 0.0905. The Bertz CT molecular complexity index is 1440. The van der Waals surface area contributed by atoms with Crippen LogP contribution in [0.15, 0.2) is 42.6 Å². The average molecular weight is 459 g/mol. The monoisotopic (exact) mass is 458 g/mol. The van der Waals surface area contributed by atoms with Gasteiger partial charge in [-0.2, -0.15) is 5.10 Å². The molecule has 5 rings (SSSR count). The van der Waals surface area contributed by atoms with E-state index in [2.05, 4.69) is 20.4 Å². The Morgan fingerprint density at radius 1 is 1.15 bits per heavy atom. The molecule has 0 aliphatic carbocycles. The van der Waals surface area contributed by atoms with Crippen molar-refractivity contribution >= 4 is 39.8 Å². The lowest BCUT2D eigenvalue weighted by Crippen LogP contribution is -2.33. The molecule has 0 radical (unpaired) electrons. The molecule has 3 aromatic heterocycles. The number of hydrogen-bond donors (Lipinski definition) is 3. The molecule has 174 valence electrons. The Kier molecular flexibility index (Phi) is 4.90. The van der Waals surface area contributed by atoms with Crippen LogP contribution in [0.5, 0.6) is 0 Å². The molecule has 0 fully saturated rings. The maximum Gasteiger partial charge on any atom is 0.267 e. The third-order valence-corrected chi connectivity index (χ3v) is 6.05. The summed E-state index contributed by atoms with van der Waals surface area (Å²) in [4.78, 5) is 27.1. The fraction of sp³-hybridized carbons (Fsp3) is 0.250. The number of amides is 1. The van der Waals surface area contributed by atoms with Crippen molar-refractivity contribution in [1.82, 2.24) is 24.8 Å². The highest BCUT2D eigenvalue weighted by Crippen LogP contribution is 2.33. The fourth-order valence-electron chi connectivity index (χ4n) is 4.19. The van der Waals surface area contributed by atoms with E-state index in [1.165, 1.54) is 5.06 Å². The van der Waals surface area contributed by atoms with Gasteiger partial charge in [-0.15, -0.1) is 0 Å². The topological polar surface area (TPSA) is 137 Å². The van der Waals surface area contributed by atoms with E-state index in [1.54, 1.807) is 17.9 Å². The molecule has 34 heavy (non-hydrogen) atoms. The lowest BCUT2D eigenvalue weighted by atomic mass is 10.0. The molecule has 5 N–H and O–H groups in total. The number of fused-ring (bicyclic) bond motifs is 2. The minimum atomic E-state index is -0.727. The average Bonchev–Trinajstić information content (AvgIpc) is 3.15. The van der Waals surface area contributed by atoms with E-state index < -0.39 is 5.60 Å². The number of likely N-dealkylation sites (N-methyl/N-ethyl adjacent to an activating group) is 1. The second-order valence-corrected chi connectivity index (χ2v) is 8.89. The number of anilines is 4. The third kappa shape index (κ3) is 3.67. The molecule has 10 heteroatoms. The Labute approximate surface area is 196 Å². The summed E-state index contributed by atoms with van der Waals surface area (Å²) in [6.07, 6.45) is 1.68. The van der Waals surface area contributed by atoms with Gasteiger partial charge in [-0.3, -0.25) is 14.3 Å². The number of carbonyl (C=O) groups excluding carboxylic acids is 1. The predicted octanol–water partition coefficient (Wildman–Crippen LogP) is 3.35. The summed E-state index contributed by atoms with van der Waals surface area (Å²) in [6.45, 7) is 5.84. The largest absolute Gasteiger partial charge is 0.398 e. The Balaban J connectivity index is 1.51. The van der Waals surface area contributed by atoms with Gasteiger partial charge in [0.2, 0.25) is 0 Å². The number of benzene rings is 1. The van der Waals surface area contributed by atoms with E-state index in [4.69, 9.17) is 16.3 Å². The van der Waals surface area contributed by atoms with Gasteiger partial charge in [0, 0.05) is 35.9 Å². The summed E-state index contributed by atoms with van der Waals surface area (Å²) < 4.78 is 1.65. The molecule has 1 aliphatic rings. The molecule has 0 spiro atoms. The molecular weight excluding hydrogens is 432 g/mol. The van der Waals surface area contributed by atoms with Crippen LogP contribution in [0, 0.1) is 6.92 Å². The molecule has 0 saturated carbocycles. The molecule has 10 nitrogen and oxygen atoms in total. The van der Waals surface area contributed by atoms with Crippen LogP contribution in [0.3, 0.4) is 0 Å². The van der Waals surface area contributed by atoms with E-state index in [0.29, 0.717) is 23.1 Å². The van der Waals surface area contributed by atoms with Crippen molar-refractivity contribution in [3.05, 3.63) is 53.9 Å². The van der Waals surface area contributed by atoms with Gasteiger partial charge < -0.3 is 16.8 Å². The van der Waals surface area contributed by atoms with Gasteiger partial charge in [0.05, 0.1) is 11.4 Å². The van der Waals surface area contributed by atoms with Crippen LogP contribution in [-0.4, -0.2) is 37.8 Å². The standard InChI is InChI=1S/C24H26N8O2/c1-13-15(6-5-7-17(13)25)18-8-14-9-20(27-11-16(14)23(26)28-18)29-21-10-19-24(2,3)34-31(4)22(33)12-32(19)30-21/h5-11H,12,25H2,1-4H3,(H2,26,28)(H,27,29,30). The third-order valence-electron chi connectivity index (χ3n) is 6.05. The molecule has 1 amide bonds. The fourth-order valence-corrected chi connectivity index (χ4v) is 4.19. The first-order chi connectivity index (χ1) is 16.1. The summed E-state index contributed by atoms with van der Waals surface area (Å²) in [6, 6.07) is 11.5. The Hall–Kier alpha value is -4.18. The number of rotatable bonds is 3. The van der Waals surface area contributed by atoms with Crippen LogP contribution < -0.4 is 16.8 Å². The van der Waals surface area contributed by atoms with Crippen LogP contribution in [0.1, 0.15) is 25.1 Å². The van der Waals surface area contributed by atoms with Crippen LogP contribution in [0.4, 0.5) is 23.1 Å². The highest BCUT2D eigenvalue weighted by molar-refractivity contribution is 5.95. The predicted molar refractivity (Wildman–Crippen MR) is 131 cm³/mol. The number of nitrogen functional groups attached to an aromatic ring is 2. The zero-order chi connectivity index (χ0) is 24.2. The lowest BCUT2D eigenvalue weighted by Gasteiger charge is -2.26. The van der Waals surface area contributed by atoms with E-state index in [1.807, 2.05) is 57.2 Å². The van der Waals surface area contributed by atoms with E-state index in [-0.39, 0.29) is 12.5 Å². The number of carbonyl (C=O) groups is 1. The van der Waals surface area contributed by atoms with Crippen LogP contribution in [-0.2, 0) is 21.8 Å². The van der Waals surface area contributed by atoms with Gasteiger partial charge in [-0.05, 0) is 49.9 Å². The second kappa shape index (κ2) is 7.70. The Morgan fingerprint density at radius 3 is 2.74 bits per heavy atom. The van der Waals surface area contributed by atoms with Gasteiger partial charge in [0.1, 0.15) is 23.8 Å². The van der Waals surface area contributed by atoms with Gasteiger partial charge in [-0.25, -0.2) is 15.0 Å². The van der Waals surface area contributed by atoms with Crippen molar-refractivity contribution in [2.75, 3.05) is 23.8 Å². The summed E-state index contributed by atoms with van der Waals surface area (Å²) in [5.41, 5.74) is 15.7. The molecular formula is C24H26N8O2. The highest BCUT2D eigenvalue weighted by Gasteiger charge is 2.34. The summed E-state index contributed by atoms with van der Waals surface area (Å²) in [5, 5.41) is 10.7. The summed E-state index contributed by atoms with van der Waals surface area (Å²) in [5.74, 6) is 1.36. The quantitative estimate of drug-likeness (QED) is 0.398. The number of hydrogen-bond acceptors (Lipinski definition) is 8. The number of nitrogens with zero attached hydrogens (tertiary/aromatic N) is 5. The first-order valence-corrected chi connectivity index (χ1v) is 10.8. The minimum Gasteiger partial charge on any atom is -0.398 e. The normalized spacial score (nSPS) is 15.3.